The average molecular weight is 347 g/mol. The number of fused-ring (bicyclic) bond motifs is 1. The fourth-order valence-electron chi connectivity index (χ4n) is 2.09. The summed E-state index contributed by atoms with van der Waals surface area (Å²) >= 11 is 0. The minimum absolute atomic E-state index is 0.0273. The average Bonchev–Trinajstić information content (AvgIpc) is 3.19. The second-order valence-electron chi connectivity index (χ2n) is 4.66. The van der Waals surface area contributed by atoms with Gasteiger partial charge in [-0.05, 0) is 6.92 Å². The number of ether oxygens (including phenoxy) is 1. The smallest absolute Gasteiger partial charge is 0.366 e. The molecule has 0 aromatic carbocycles. The van der Waals surface area contributed by atoms with Crippen LogP contribution in [0.15, 0.2) is 24.8 Å². The molecule has 3 heterocycles. The van der Waals surface area contributed by atoms with E-state index in [9.17, 15) is 25.0 Å². The molecule has 0 aliphatic carbocycles. The first-order valence-corrected chi connectivity index (χ1v) is 6.81. The number of hydrogen-bond acceptors (Lipinski definition) is 9. The van der Waals surface area contributed by atoms with E-state index < -0.39 is 27.2 Å². The normalized spacial score (nSPS) is 10.8. The Morgan fingerprint density at radius 2 is 2.00 bits per heavy atom. The molecule has 128 valence electrons. The highest BCUT2D eigenvalue weighted by Gasteiger charge is 2.31. The van der Waals surface area contributed by atoms with Gasteiger partial charge in [-0.1, -0.05) is 0 Å². The van der Waals surface area contributed by atoms with Crippen LogP contribution in [0.2, 0.25) is 0 Å². The van der Waals surface area contributed by atoms with Gasteiger partial charge in [0.05, 0.1) is 28.8 Å². The van der Waals surface area contributed by atoms with Gasteiger partial charge in [0, 0.05) is 0 Å². The molecule has 0 unspecified atom stereocenters. The van der Waals surface area contributed by atoms with Crippen LogP contribution in [0.25, 0.3) is 11.3 Å². The molecule has 0 radical (unpaired) electrons. The number of hydrogen-bond donors (Lipinski definition) is 0. The molecule has 3 aromatic rings. The summed E-state index contributed by atoms with van der Waals surface area (Å²) in [6.07, 6.45) is 4.71. The molecule has 0 aliphatic heterocycles. The van der Waals surface area contributed by atoms with Gasteiger partial charge in [0.2, 0.25) is 5.65 Å². The molecule has 0 amide bonds. The van der Waals surface area contributed by atoms with E-state index in [4.69, 9.17) is 4.74 Å². The van der Waals surface area contributed by atoms with E-state index >= 15 is 0 Å². The first-order valence-electron chi connectivity index (χ1n) is 6.81. The number of nitrogens with zero attached hydrogens (tertiary/aromatic N) is 7. The summed E-state index contributed by atoms with van der Waals surface area (Å²) in [5, 5.41) is 29.6. The van der Waals surface area contributed by atoms with E-state index in [1.54, 1.807) is 6.92 Å². The Hall–Kier alpha value is -3.90. The predicted octanol–water partition coefficient (Wildman–Crippen LogP) is 0.908. The van der Waals surface area contributed by atoms with Gasteiger partial charge >= 0.3 is 17.3 Å². The lowest BCUT2D eigenvalue weighted by atomic mass is 10.3. The molecule has 0 bridgehead atoms. The lowest BCUT2D eigenvalue weighted by Crippen LogP contribution is -2.08. The van der Waals surface area contributed by atoms with Crippen molar-refractivity contribution in [3.8, 4) is 5.69 Å². The summed E-state index contributed by atoms with van der Waals surface area (Å²) in [4.78, 5) is 36.3. The summed E-state index contributed by atoms with van der Waals surface area (Å²) in [5.74, 6) is -0.948. The molecule has 0 spiro atoms. The number of carbonyl (C=O) groups excluding carboxylic acids is 1. The van der Waals surface area contributed by atoms with Crippen LogP contribution in [-0.4, -0.2) is 46.8 Å². The SMILES string of the molecule is CCOC(=O)c1nn2cc(-n3cc([N+](=O)[O-])cn3)cnc2c1[N+](=O)[O-]. The maximum atomic E-state index is 11.9. The third-order valence-corrected chi connectivity index (χ3v) is 3.13. The maximum absolute atomic E-state index is 11.9. The van der Waals surface area contributed by atoms with Gasteiger partial charge < -0.3 is 4.74 Å². The summed E-state index contributed by atoms with van der Waals surface area (Å²) in [7, 11) is 0. The lowest BCUT2D eigenvalue weighted by molar-refractivity contribution is -0.384. The Labute approximate surface area is 137 Å². The van der Waals surface area contributed by atoms with Crippen LogP contribution in [0.4, 0.5) is 11.4 Å². The monoisotopic (exact) mass is 347 g/mol. The van der Waals surface area contributed by atoms with Crippen LogP contribution >= 0.6 is 0 Å². The second-order valence-corrected chi connectivity index (χ2v) is 4.66. The molecule has 0 saturated carbocycles. The summed E-state index contributed by atoms with van der Waals surface area (Å²) in [6, 6.07) is 0. The quantitative estimate of drug-likeness (QED) is 0.371. The Balaban J connectivity index is 2.12. The molecule has 0 N–H and O–H groups in total. The van der Waals surface area contributed by atoms with Crippen LogP contribution in [0, 0.1) is 20.2 Å². The highest BCUT2D eigenvalue weighted by molar-refractivity contribution is 5.95. The molecule has 0 atom stereocenters. The van der Waals surface area contributed by atoms with Gasteiger partial charge in [0.15, 0.2) is 0 Å². The zero-order valence-electron chi connectivity index (χ0n) is 12.6. The fourth-order valence-corrected chi connectivity index (χ4v) is 2.09. The van der Waals surface area contributed by atoms with Crippen molar-refractivity contribution in [3.63, 3.8) is 0 Å². The molecule has 13 heteroatoms. The lowest BCUT2D eigenvalue weighted by Gasteiger charge is -1.99. The minimum Gasteiger partial charge on any atom is -0.461 e. The highest BCUT2D eigenvalue weighted by atomic mass is 16.6. The van der Waals surface area contributed by atoms with Gasteiger partial charge in [-0.2, -0.15) is 10.2 Å². The number of carbonyl (C=O) groups is 1. The number of nitro groups is 2. The predicted molar refractivity (Wildman–Crippen MR) is 79.4 cm³/mol. The maximum Gasteiger partial charge on any atom is 0.366 e. The number of aromatic nitrogens is 5. The topological polar surface area (TPSA) is 161 Å². The van der Waals surface area contributed by atoms with Gasteiger partial charge in [-0.15, -0.1) is 0 Å². The minimum atomic E-state index is -0.948. The molecule has 3 aromatic heterocycles. The third-order valence-electron chi connectivity index (χ3n) is 3.13. The Morgan fingerprint density at radius 3 is 2.60 bits per heavy atom. The summed E-state index contributed by atoms with van der Waals surface area (Å²) in [6.45, 7) is 1.58. The molecule has 3 rings (SSSR count). The third kappa shape index (κ3) is 2.73. The summed E-state index contributed by atoms with van der Waals surface area (Å²) < 4.78 is 6.93. The standard InChI is InChI=1S/C12H9N7O6/c1-2-25-12(20)9-10(19(23)24)11-13-3-7(5-17(11)15-9)16-6-8(4-14-16)18(21)22/h3-6H,2H2,1H3. The molecular formula is C12H9N7O6. The van der Waals surface area contributed by atoms with E-state index in [2.05, 4.69) is 15.2 Å². The van der Waals surface area contributed by atoms with E-state index in [1.165, 1.54) is 12.4 Å². The zero-order chi connectivity index (χ0) is 18.1. The van der Waals surface area contributed by atoms with Crippen LogP contribution in [0.3, 0.4) is 0 Å². The highest BCUT2D eigenvalue weighted by Crippen LogP contribution is 2.24. The Kier molecular flexibility index (Phi) is 3.80. The van der Waals surface area contributed by atoms with Crippen molar-refractivity contribution in [1.82, 2.24) is 24.4 Å². The molecule has 0 saturated heterocycles. The van der Waals surface area contributed by atoms with Crippen molar-refractivity contribution >= 4 is 23.0 Å². The van der Waals surface area contributed by atoms with Crippen molar-refractivity contribution in [1.29, 1.82) is 0 Å². The van der Waals surface area contributed by atoms with Crippen molar-refractivity contribution < 1.29 is 19.4 Å². The van der Waals surface area contributed by atoms with E-state index in [0.29, 0.717) is 0 Å². The van der Waals surface area contributed by atoms with Crippen molar-refractivity contribution in [2.45, 2.75) is 6.92 Å². The van der Waals surface area contributed by atoms with Gasteiger partial charge in [0.1, 0.15) is 18.1 Å². The molecule has 0 fully saturated rings. The zero-order valence-corrected chi connectivity index (χ0v) is 12.6. The van der Waals surface area contributed by atoms with Crippen LogP contribution in [0.5, 0.6) is 0 Å². The van der Waals surface area contributed by atoms with Crippen LogP contribution < -0.4 is 0 Å². The van der Waals surface area contributed by atoms with Crippen LogP contribution in [0.1, 0.15) is 17.4 Å². The van der Waals surface area contributed by atoms with E-state index in [1.807, 2.05) is 0 Å². The first kappa shape index (κ1) is 16.0. The molecule has 13 nitrogen and oxygen atoms in total. The first-order chi connectivity index (χ1) is 11.9. The largest absolute Gasteiger partial charge is 0.461 e. The van der Waals surface area contributed by atoms with Gasteiger partial charge in [0.25, 0.3) is 5.69 Å². The van der Waals surface area contributed by atoms with Crippen molar-refractivity contribution in [3.05, 3.63) is 50.7 Å². The Morgan fingerprint density at radius 1 is 1.24 bits per heavy atom. The second kappa shape index (κ2) is 5.95. The number of esters is 1. The van der Waals surface area contributed by atoms with E-state index in [-0.39, 0.29) is 23.6 Å². The molecule has 0 aliphatic rings. The molecular weight excluding hydrogens is 338 g/mol. The van der Waals surface area contributed by atoms with Crippen molar-refractivity contribution in [2.24, 2.45) is 0 Å². The fraction of sp³-hybridized carbons (Fsp3) is 0.167. The summed E-state index contributed by atoms with van der Waals surface area (Å²) in [5.41, 5.74) is -1.22. The van der Waals surface area contributed by atoms with Crippen molar-refractivity contribution in [2.75, 3.05) is 6.61 Å². The van der Waals surface area contributed by atoms with Gasteiger partial charge in [-0.3, -0.25) is 20.2 Å². The Bertz CT molecular complexity index is 1010. The number of rotatable bonds is 5. The molecule has 25 heavy (non-hydrogen) atoms. The van der Waals surface area contributed by atoms with Gasteiger partial charge in [-0.25, -0.2) is 19.0 Å². The van der Waals surface area contributed by atoms with Crippen LogP contribution in [-0.2, 0) is 4.74 Å². The van der Waals surface area contributed by atoms with E-state index in [0.717, 1.165) is 21.6 Å².